The Hall–Kier alpha value is -2.27. The van der Waals surface area contributed by atoms with Gasteiger partial charge in [-0.2, -0.15) is 0 Å². The summed E-state index contributed by atoms with van der Waals surface area (Å²) < 4.78 is 16.3. The van der Waals surface area contributed by atoms with E-state index < -0.39 is 0 Å². The highest BCUT2D eigenvalue weighted by Crippen LogP contribution is 2.35. The molecule has 1 heterocycles. The maximum absolute atomic E-state index is 5.76. The summed E-state index contributed by atoms with van der Waals surface area (Å²) in [7, 11) is 0. The van der Waals surface area contributed by atoms with Crippen molar-refractivity contribution in [2.45, 2.75) is 6.61 Å². The van der Waals surface area contributed by atoms with Gasteiger partial charge in [-0.25, -0.2) is 0 Å². The van der Waals surface area contributed by atoms with Crippen molar-refractivity contribution >= 4 is 17.2 Å². The zero-order chi connectivity index (χ0) is 13.9. The Morgan fingerprint density at radius 1 is 1.15 bits per heavy atom. The number of hydrogen-bond acceptors (Lipinski definition) is 4. The van der Waals surface area contributed by atoms with E-state index in [1.54, 1.807) is 0 Å². The van der Waals surface area contributed by atoms with Crippen molar-refractivity contribution < 1.29 is 14.2 Å². The summed E-state index contributed by atoms with van der Waals surface area (Å²) in [5, 5.41) is 0. The molecule has 0 aliphatic carbocycles. The van der Waals surface area contributed by atoms with E-state index in [1.807, 2.05) is 42.5 Å². The molecule has 0 saturated heterocycles. The summed E-state index contributed by atoms with van der Waals surface area (Å²) in [4.78, 5) is 0.370. The highest BCUT2D eigenvalue weighted by Gasteiger charge is 2.14. The molecule has 0 amide bonds. The number of hydrogen-bond donors (Lipinski definition) is 1. The predicted molar refractivity (Wildman–Crippen MR) is 79.2 cm³/mol. The number of rotatable bonds is 4. The largest absolute Gasteiger partial charge is 0.489 e. The quantitative estimate of drug-likeness (QED) is 0.876. The van der Waals surface area contributed by atoms with E-state index in [9.17, 15) is 0 Å². The molecule has 2 aromatic rings. The average Bonchev–Trinajstić information content (AvgIpc) is 2.92. The van der Waals surface area contributed by atoms with Crippen LogP contribution in [0.4, 0.5) is 0 Å². The van der Waals surface area contributed by atoms with Crippen molar-refractivity contribution in [1.82, 2.24) is 0 Å². The van der Waals surface area contributed by atoms with E-state index >= 15 is 0 Å². The third kappa shape index (κ3) is 2.53. The molecule has 0 fully saturated rings. The zero-order valence-corrected chi connectivity index (χ0v) is 11.5. The molecule has 3 rings (SSSR count). The highest BCUT2D eigenvalue weighted by atomic mass is 32.1. The summed E-state index contributed by atoms with van der Waals surface area (Å²) in [6, 6.07) is 13.2. The molecule has 5 heteroatoms. The molecule has 4 nitrogen and oxygen atoms in total. The molecular formula is C15H13NO3S. The minimum absolute atomic E-state index is 0.253. The van der Waals surface area contributed by atoms with Gasteiger partial charge in [0, 0.05) is 11.6 Å². The Morgan fingerprint density at radius 3 is 2.80 bits per heavy atom. The molecule has 2 N–H and O–H groups in total. The van der Waals surface area contributed by atoms with Crippen LogP contribution in [0.15, 0.2) is 42.5 Å². The van der Waals surface area contributed by atoms with Crippen molar-refractivity contribution in [2.75, 3.05) is 6.79 Å². The number of fused-ring (bicyclic) bond motifs is 1. The molecular weight excluding hydrogens is 274 g/mol. The van der Waals surface area contributed by atoms with Crippen LogP contribution in [0.1, 0.15) is 11.1 Å². The third-order valence-electron chi connectivity index (χ3n) is 3.02. The zero-order valence-electron chi connectivity index (χ0n) is 10.7. The van der Waals surface area contributed by atoms with E-state index in [-0.39, 0.29) is 6.79 Å². The predicted octanol–water partition coefficient (Wildman–Crippen LogP) is 2.63. The van der Waals surface area contributed by atoms with Gasteiger partial charge in [-0.15, -0.1) is 0 Å². The summed E-state index contributed by atoms with van der Waals surface area (Å²) >= 11 is 5.03. The van der Waals surface area contributed by atoms with Gasteiger partial charge in [0.05, 0.1) is 0 Å². The first-order valence-corrected chi connectivity index (χ1v) is 6.55. The fourth-order valence-corrected chi connectivity index (χ4v) is 2.21. The van der Waals surface area contributed by atoms with Crippen LogP contribution in [0.5, 0.6) is 17.2 Å². The molecule has 0 radical (unpaired) electrons. The first kappa shape index (κ1) is 12.7. The lowest BCUT2D eigenvalue weighted by molar-refractivity contribution is 0.173. The fourth-order valence-electron chi connectivity index (χ4n) is 2.01. The second kappa shape index (κ2) is 5.38. The van der Waals surface area contributed by atoms with Crippen LogP contribution in [0, 0.1) is 0 Å². The minimum atomic E-state index is 0.253. The molecule has 0 spiro atoms. The Balaban J connectivity index is 1.75. The molecule has 1 aliphatic heterocycles. The minimum Gasteiger partial charge on any atom is -0.489 e. The van der Waals surface area contributed by atoms with Crippen molar-refractivity contribution in [1.29, 1.82) is 0 Å². The van der Waals surface area contributed by atoms with E-state index in [0.717, 1.165) is 16.9 Å². The fraction of sp³-hybridized carbons (Fsp3) is 0.133. The number of ether oxygens (including phenoxy) is 3. The van der Waals surface area contributed by atoms with Crippen molar-refractivity contribution in [3.63, 3.8) is 0 Å². The Morgan fingerprint density at radius 2 is 1.95 bits per heavy atom. The number of nitrogens with two attached hydrogens (primary N) is 1. The van der Waals surface area contributed by atoms with Gasteiger partial charge in [-0.1, -0.05) is 36.5 Å². The maximum Gasteiger partial charge on any atom is 0.231 e. The van der Waals surface area contributed by atoms with Gasteiger partial charge in [0.15, 0.2) is 11.5 Å². The Bertz CT molecular complexity index is 657. The average molecular weight is 287 g/mol. The Kier molecular flexibility index (Phi) is 3.43. The summed E-state index contributed by atoms with van der Waals surface area (Å²) in [6.45, 7) is 0.649. The monoisotopic (exact) mass is 287 g/mol. The van der Waals surface area contributed by atoms with Gasteiger partial charge in [0.1, 0.15) is 17.3 Å². The van der Waals surface area contributed by atoms with Crippen LogP contribution in [0.2, 0.25) is 0 Å². The van der Waals surface area contributed by atoms with Crippen LogP contribution in [-0.4, -0.2) is 11.8 Å². The summed E-state index contributed by atoms with van der Waals surface area (Å²) in [5.41, 5.74) is 7.49. The van der Waals surface area contributed by atoms with E-state index in [1.165, 1.54) is 0 Å². The van der Waals surface area contributed by atoms with Crippen molar-refractivity contribution in [3.8, 4) is 17.2 Å². The lowest BCUT2D eigenvalue weighted by Crippen LogP contribution is -2.13. The van der Waals surface area contributed by atoms with E-state index in [4.69, 9.17) is 32.2 Å². The smallest absolute Gasteiger partial charge is 0.231 e. The van der Waals surface area contributed by atoms with Gasteiger partial charge in [-0.05, 0) is 17.7 Å². The molecule has 0 bridgehead atoms. The molecule has 20 heavy (non-hydrogen) atoms. The second-order valence-corrected chi connectivity index (χ2v) is 4.76. The summed E-state index contributed by atoms with van der Waals surface area (Å²) in [5.74, 6) is 2.15. The van der Waals surface area contributed by atoms with Crippen LogP contribution in [-0.2, 0) is 6.61 Å². The van der Waals surface area contributed by atoms with Gasteiger partial charge < -0.3 is 19.9 Å². The molecule has 0 aromatic heterocycles. The van der Waals surface area contributed by atoms with Gasteiger partial charge >= 0.3 is 0 Å². The SMILES string of the molecule is NC(=S)c1ccccc1COc1ccc2c(c1)OCO2. The van der Waals surface area contributed by atoms with Crippen molar-refractivity contribution in [3.05, 3.63) is 53.6 Å². The molecule has 0 unspecified atom stereocenters. The van der Waals surface area contributed by atoms with Gasteiger partial charge in [0.2, 0.25) is 6.79 Å². The lowest BCUT2D eigenvalue weighted by atomic mass is 10.1. The second-order valence-electron chi connectivity index (χ2n) is 4.33. The third-order valence-corrected chi connectivity index (χ3v) is 3.24. The van der Waals surface area contributed by atoms with Gasteiger partial charge in [0.25, 0.3) is 0 Å². The lowest BCUT2D eigenvalue weighted by Gasteiger charge is -2.10. The van der Waals surface area contributed by atoms with Crippen LogP contribution < -0.4 is 19.9 Å². The molecule has 2 aromatic carbocycles. The first-order valence-electron chi connectivity index (χ1n) is 6.14. The van der Waals surface area contributed by atoms with Crippen LogP contribution in [0.25, 0.3) is 0 Å². The van der Waals surface area contributed by atoms with Crippen LogP contribution in [0.3, 0.4) is 0 Å². The topological polar surface area (TPSA) is 53.7 Å². The summed E-state index contributed by atoms with van der Waals surface area (Å²) in [6.07, 6.45) is 0. The molecule has 102 valence electrons. The normalized spacial score (nSPS) is 12.2. The van der Waals surface area contributed by atoms with Crippen LogP contribution >= 0.6 is 12.2 Å². The molecule has 0 saturated carbocycles. The number of thiocarbonyl (C=S) groups is 1. The van der Waals surface area contributed by atoms with E-state index in [0.29, 0.717) is 23.1 Å². The molecule has 0 atom stereocenters. The maximum atomic E-state index is 5.76. The number of benzene rings is 2. The van der Waals surface area contributed by atoms with Gasteiger partial charge in [-0.3, -0.25) is 0 Å². The first-order chi connectivity index (χ1) is 9.74. The van der Waals surface area contributed by atoms with E-state index in [2.05, 4.69) is 0 Å². The highest BCUT2D eigenvalue weighted by molar-refractivity contribution is 7.80. The van der Waals surface area contributed by atoms with Crippen molar-refractivity contribution in [2.24, 2.45) is 5.73 Å². The Labute approximate surface area is 122 Å². The molecule has 1 aliphatic rings. The standard InChI is InChI=1S/C15H13NO3S/c16-15(20)12-4-2-1-3-10(12)8-17-11-5-6-13-14(7-11)19-9-18-13/h1-7H,8-9H2,(H2,16,20).